The maximum atomic E-state index is 9.24. The molecule has 1 aromatic heterocycles. The third-order valence-corrected chi connectivity index (χ3v) is 2.50. The summed E-state index contributed by atoms with van der Waals surface area (Å²) in [5.74, 6) is 1.04. The van der Waals surface area contributed by atoms with Crippen molar-refractivity contribution in [2.24, 2.45) is 0 Å². The zero-order chi connectivity index (χ0) is 12.8. The van der Waals surface area contributed by atoms with Gasteiger partial charge in [0, 0.05) is 6.07 Å². The van der Waals surface area contributed by atoms with E-state index in [0.29, 0.717) is 23.9 Å². The van der Waals surface area contributed by atoms with Crippen molar-refractivity contribution in [3.05, 3.63) is 53.7 Å². The van der Waals surface area contributed by atoms with E-state index in [-0.39, 0.29) is 6.61 Å². The fourth-order valence-electron chi connectivity index (χ4n) is 1.56. The second kappa shape index (κ2) is 6.02. The highest BCUT2D eigenvalue weighted by molar-refractivity contribution is 5.31. The summed E-state index contributed by atoms with van der Waals surface area (Å²) in [4.78, 5) is 4.12. The van der Waals surface area contributed by atoms with E-state index in [1.807, 2.05) is 30.3 Å². The molecule has 0 atom stereocenters. The molecular weight excluding hydrogens is 230 g/mol. The van der Waals surface area contributed by atoms with Crippen LogP contribution in [0.25, 0.3) is 0 Å². The van der Waals surface area contributed by atoms with E-state index in [2.05, 4.69) is 4.98 Å². The first-order chi connectivity index (χ1) is 8.83. The lowest BCUT2D eigenvalue weighted by atomic mass is 10.2. The second-order valence-electron chi connectivity index (χ2n) is 3.73. The third-order valence-electron chi connectivity index (χ3n) is 2.50. The Morgan fingerprint density at radius 2 is 1.89 bits per heavy atom. The van der Waals surface area contributed by atoms with E-state index < -0.39 is 0 Å². The van der Waals surface area contributed by atoms with Crippen LogP contribution in [0.1, 0.15) is 11.3 Å². The molecule has 0 saturated carbocycles. The topological polar surface area (TPSA) is 51.6 Å². The number of pyridine rings is 1. The molecule has 0 saturated heterocycles. The van der Waals surface area contributed by atoms with Crippen LogP contribution in [0.2, 0.25) is 0 Å². The van der Waals surface area contributed by atoms with Crippen LogP contribution < -0.4 is 9.47 Å². The molecule has 18 heavy (non-hydrogen) atoms. The SMILES string of the molecule is COc1ccc(OCc2ccccc2)c(CO)n1. The molecule has 2 aromatic rings. The maximum absolute atomic E-state index is 9.24. The van der Waals surface area contributed by atoms with Gasteiger partial charge >= 0.3 is 0 Å². The zero-order valence-corrected chi connectivity index (χ0v) is 10.2. The van der Waals surface area contributed by atoms with Gasteiger partial charge in [-0.15, -0.1) is 0 Å². The normalized spacial score (nSPS) is 10.1. The number of nitrogens with zero attached hydrogens (tertiary/aromatic N) is 1. The molecule has 4 nitrogen and oxygen atoms in total. The Labute approximate surface area is 106 Å². The molecule has 0 spiro atoms. The van der Waals surface area contributed by atoms with Gasteiger partial charge in [-0.2, -0.15) is 0 Å². The lowest BCUT2D eigenvalue weighted by Gasteiger charge is -2.10. The largest absolute Gasteiger partial charge is 0.487 e. The highest BCUT2D eigenvalue weighted by Crippen LogP contribution is 2.21. The van der Waals surface area contributed by atoms with Crippen molar-refractivity contribution in [3.63, 3.8) is 0 Å². The summed E-state index contributed by atoms with van der Waals surface area (Å²) in [6.45, 7) is 0.267. The summed E-state index contributed by atoms with van der Waals surface area (Å²) in [7, 11) is 1.54. The van der Waals surface area contributed by atoms with Crippen LogP contribution in [0.3, 0.4) is 0 Å². The highest BCUT2D eigenvalue weighted by Gasteiger charge is 2.06. The molecule has 4 heteroatoms. The molecule has 1 aromatic carbocycles. The van der Waals surface area contributed by atoms with Crippen molar-refractivity contribution >= 4 is 0 Å². The number of rotatable bonds is 5. The van der Waals surface area contributed by atoms with Crippen molar-refractivity contribution < 1.29 is 14.6 Å². The minimum Gasteiger partial charge on any atom is -0.487 e. The van der Waals surface area contributed by atoms with Gasteiger partial charge in [0.25, 0.3) is 0 Å². The molecule has 0 unspecified atom stereocenters. The lowest BCUT2D eigenvalue weighted by molar-refractivity contribution is 0.250. The first-order valence-electron chi connectivity index (χ1n) is 5.65. The molecule has 0 aliphatic rings. The molecule has 2 rings (SSSR count). The molecule has 94 valence electrons. The van der Waals surface area contributed by atoms with Crippen LogP contribution >= 0.6 is 0 Å². The molecular formula is C14H15NO3. The number of aliphatic hydroxyl groups excluding tert-OH is 1. The van der Waals surface area contributed by atoms with E-state index in [0.717, 1.165) is 5.56 Å². The van der Waals surface area contributed by atoms with Crippen molar-refractivity contribution in [1.29, 1.82) is 0 Å². The number of aliphatic hydroxyl groups is 1. The molecule has 1 N–H and O–H groups in total. The first kappa shape index (κ1) is 12.4. The van der Waals surface area contributed by atoms with Gasteiger partial charge in [-0.1, -0.05) is 30.3 Å². The maximum Gasteiger partial charge on any atom is 0.213 e. The summed E-state index contributed by atoms with van der Waals surface area (Å²) < 4.78 is 10.6. The van der Waals surface area contributed by atoms with Crippen LogP contribution in [0.4, 0.5) is 0 Å². The predicted molar refractivity (Wildman–Crippen MR) is 67.5 cm³/mol. The van der Waals surface area contributed by atoms with Gasteiger partial charge in [0.2, 0.25) is 5.88 Å². The Morgan fingerprint density at radius 3 is 2.56 bits per heavy atom. The van der Waals surface area contributed by atoms with E-state index in [4.69, 9.17) is 9.47 Å². The van der Waals surface area contributed by atoms with E-state index in [1.54, 1.807) is 12.1 Å². The summed E-state index contributed by atoms with van der Waals surface area (Å²) in [6.07, 6.45) is 0. The molecule has 0 amide bonds. The van der Waals surface area contributed by atoms with Crippen LogP contribution in [-0.4, -0.2) is 17.2 Å². The van der Waals surface area contributed by atoms with Gasteiger partial charge in [0.05, 0.1) is 13.7 Å². The van der Waals surface area contributed by atoms with Crippen LogP contribution in [0, 0.1) is 0 Å². The number of hydrogen-bond acceptors (Lipinski definition) is 4. The number of aromatic nitrogens is 1. The average molecular weight is 245 g/mol. The van der Waals surface area contributed by atoms with Crippen molar-refractivity contribution in [1.82, 2.24) is 4.98 Å². The molecule has 0 radical (unpaired) electrons. The smallest absolute Gasteiger partial charge is 0.213 e. The minimum atomic E-state index is -0.179. The van der Waals surface area contributed by atoms with Crippen LogP contribution in [0.5, 0.6) is 11.6 Å². The Bertz CT molecular complexity index is 500. The summed E-state index contributed by atoms with van der Waals surface area (Å²) >= 11 is 0. The third kappa shape index (κ3) is 2.99. The lowest BCUT2D eigenvalue weighted by Crippen LogP contribution is -2.01. The van der Waals surface area contributed by atoms with Gasteiger partial charge < -0.3 is 14.6 Å². The minimum absolute atomic E-state index is 0.179. The Kier molecular flexibility index (Phi) is 4.15. The monoisotopic (exact) mass is 245 g/mol. The quantitative estimate of drug-likeness (QED) is 0.877. The van der Waals surface area contributed by atoms with Crippen LogP contribution in [-0.2, 0) is 13.2 Å². The first-order valence-corrected chi connectivity index (χ1v) is 5.65. The van der Waals surface area contributed by atoms with E-state index >= 15 is 0 Å². The molecule has 1 heterocycles. The Hall–Kier alpha value is -2.07. The molecule has 0 aliphatic carbocycles. The summed E-state index contributed by atoms with van der Waals surface area (Å²) in [5.41, 5.74) is 1.54. The van der Waals surface area contributed by atoms with Gasteiger partial charge in [-0.25, -0.2) is 4.98 Å². The number of ether oxygens (including phenoxy) is 2. The van der Waals surface area contributed by atoms with Crippen LogP contribution in [0.15, 0.2) is 42.5 Å². The molecule has 0 fully saturated rings. The molecule has 0 aliphatic heterocycles. The Morgan fingerprint density at radius 1 is 1.11 bits per heavy atom. The number of benzene rings is 1. The predicted octanol–water partition coefficient (Wildman–Crippen LogP) is 2.16. The summed E-state index contributed by atoms with van der Waals surface area (Å²) in [6, 6.07) is 13.3. The number of methoxy groups -OCH3 is 1. The average Bonchev–Trinajstić information content (AvgIpc) is 2.46. The van der Waals surface area contributed by atoms with Gasteiger partial charge in [0.15, 0.2) is 0 Å². The van der Waals surface area contributed by atoms with E-state index in [9.17, 15) is 5.11 Å². The Balaban J connectivity index is 2.09. The number of hydrogen-bond donors (Lipinski definition) is 1. The van der Waals surface area contributed by atoms with Gasteiger partial charge in [0.1, 0.15) is 18.1 Å². The molecule has 0 bridgehead atoms. The standard InChI is InChI=1S/C14H15NO3/c1-17-14-8-7-13(12(9-16)15-14)18-10-11-5-3-2-4-6-11/h2-8,16H,9-10H2,1H3. The fraction of sp³-hybridized carbons (Fsp3) is 0.214. The zero-order valence-electron chi connectivity index (χ0n) is 10.2. The second-order valence-corrected chi connectivity index (χ2v) is 3.73. The van der Waals surface area contributed by atoms with Crippen molar-refractivity contribution in [3.8, 4) is 11.6 Å². The van der Waals surface area contributed by atoms with Gasteiger partial charge in [-0.05, 0) is 11.6 Å². The van der Waals surface area contributed by atoms with E-state index in [1.165, 1.54) is 7.11 Å². The highest BCUT2D eigenvalue weighted by atomic mass is 16.5. The van der Waals surface area contributed by atoms with Gasteiger partial charge in [-0.3, -0.25) is 0 Å². The van der Waals surface area contributed by atoms with Crippen molar-refractivity contribution in [2.45, 2.75) is 13.2 Å². The van der Waals surface area contributed by atoms with Crippen molar-refractivity contribution in [2.75, 3.05) is 7.11 Å². The summed E-state index contributed by atoms with van der Waals surface area (Å²) in [5, 5.41) is 9.24. The fourth-order valence-corrected chi connectivity index (χ4v) is 1.56.